The van der Waals surface area contributed by atoms with E-state index in [1.807, 2.05) is 0 Å². The number of hydrogen-bond donors (Lipinski definition) is 1. The Balaban J connectivity index is 2.82. The molecule has 64 valence electrons. The maximum atomic E-state index is 9.85. The van der Waals surface area contributed by atoms with Gasteiger partial charge in [0.25, 0.3) is 6.47 Å². The van der Waals surface area contributed by atoms with Crippen molar-refractivity contribution in [3.05, 3.63) is 16.5 Å². The zero-order valence-electron chi connectivity index (χ0n) is 6.03. The first kappa shape index (κ1) is 8.92. The van der Waals surface area contributed by atoms with Crippen LogP contribution in [0.25, 0.3) is 0 Å². The minimum atomic E-state index is 0.0434. The van der Waals surface area contributed by atoms with E-state index in [4.69, 9.17) is 5.73 Å². The summed E-state index contributed by atoms with van der Waals surface area (Å²) < 4.78 is 5.03. The standard InChI is InChI=1S/C6H6BrN3O2/c7-5-1-9-6(8)4(10-5)2-12-3-11/h1,3H,2H2,(H2,8,9). The smallest absolute Gasteiger partial charge is 0.293 e. The number of carbonyl (C=O) groups excluding carboxylic acids is 1. The molecule has 0 radical (unpaired) electrons. The molecule has 0 fully saturated rings. The van der Waals surface area contributed by atoms with Crippen LogP contribution in [0.2, 0.25) is 0 Å². The maximum Gasteiger partial charge on any atom is 0.293 e. The van der Waals surface area contributed by atoms with Crippen molar-refractivity contribution in [2.75, 3.05) is 5.73 Å². The number of nitrogen functional groups attached to an aromatic ring is 1. The van der Waals surface area contributed by atoms with Gasteiger partial charge in [-0.25, -0.2) is 9.97 Å². The van der Waals surface area contributed by atoms with Crippen molar-refractivity contribution in [3.63, 3.8) is 0 Å². The average Bonchev–Trinajstić information content (AvgIpc) is 2.07. The van der Waals surface area contributed by atoms with Crippen molar-refractivity contribution in [1.29, 1.82) is 0 Å². The van der Waals surface area contributed by atoms with Crippen LogP contribution in [0.3, 0.4) is 0 Å². The first-order chi connectivity index (χ1) is 5.74. The molecular formula is C6H6BrN3O2. The van der Waals surface area contributed by atoms with E-state index in [1.165, 1.54) is 6.20 Å². The number of ether oxygens (including phenoxy) is 1. The van der Waals surface area contributed by atoms with Crippen LogP contribution in [-0.4, -0.2) is 16.4 Å². The lowest BCUT2D eigenvalue weighted by Gasteiger charge is -2.01. The van der Waals surface area contributed by atoms with Crippen molar-refractivity contribution >= 4 is 28.2 Å². The van der Waals surface area contributed by atoms with Crippen LogP contribution in [0, 0.1) is 0 Å². The third-order valence-corrected chi connectivity index (χ3v) is 1.52. The van der Waals surface area contributed by atoms with E-state index < -0.39 is 0 Å². The highest BCUT2D eigenvalue weighted by atomic mass is 79.9. The molecule has 0 bridgehead atoms. The summed E-state index contributed by atoms with van der Waals surface area (Å²) in [6, 6.07) is 0. The van der Waals surface area contributed by atoms with Crippen LogP contribution in [-0.2, 0) is 16.1 Å². The molecule has 2 N–H and O–H groups in total. The predicted molar refractivity (Wildman–Crippen MR) is 45.0 cm³/mol. The van der Waals surface area contributed by atoms with Crippen molar-refractivity contribution in [2.24, 2.45) is 0 Å². The number of hydrogen-bond acceptors (Lipinski definition) is 5. The third kappa shape index (κ3) is 2.16. The number of rotatable bonds is 3. The maximum absolute atomic E-state index is 9.85. The first-order valence-electron chi connectivity index (χ1n) is 3.06. The molecule has 0 saturated carbocycles. The molecule has 0 atom stereocenters. The van der Waals surface area contributed by atoms with E-state index in [1.54, 1.807) is 0 Å². The normalized spacial score (nSPS) is 9.42. The number of carbonyl (C=O) groups is 1. The molecule has 0 unspecified atom stereocenters. The van der Waals surface area contributed by atoms with Gasteiger partial charge in [-0.15, -0.1) is 0 Å². The summed E-state index contributed by atoms with van der Waals surface area (Å²) in [5.74, 6) is 0.264. The SMILES string of the molecule is Nc1ncc(Br)nc1COC=O. The summed E-state index contributed by atoms with van der Waals surface area (Å²) in [5.41, 5.74) is 5.88. The van der Waals surface area contributed by atoms with Crippen LogP contribution < -0.4 is 5.73 Å². The van der Waals surface area contributed by atoms with E-state index in [0.29, 0.717) is 16.8 Å². The predicted octanol–water partition coefficient (Wildman–Crippen LogP) is 0.494. The fraction of sp³-hybridized carbons (Fsp3) is 0.167. The minimum Gasteiger partial charge on any atom is -0.461 e. The molecule has 12 heavy (non-hydrogen) atoms. The molecule has 1 aromatic heterocycles. The second-order valence-electron chi connectivity index (χ2n) is 1.93. The molecule has 1 aromatic rings. The fourth-order valence-corrected chi connectivity index (χ4v) is 0.948. The highest BCUT2D eigenvalue weighted by Gasteiger charge is 2.02. The molecule has 0 aliphatic rings. The van der Waals surface area contributed by atoms with E-state index in [0.717, 1.165) is 0 Å². The van der Waals surface area contributed by atoms with Crippen molar-refractivity contribution < 1.29 is 9.53 Å². The number of aromatic nitrogens is 2. The summed E-state index contributed by atoms with van der Waals surface area (Å²) in [7, 11) is 0. The average molecular weight is 232 g/mol. The minimum absolute atomic E-state index is 0.0434. The molecule has 1 rings (SSSR count). The highest BCUT2D eigenvalue weighted by Crippen LogP contribution is 2.10. The summed E-state index contributed by atoms with van der Waals surface area (Å²) in [6.45, 7) is 0.379. The van der Waals surface area contributed by atoms with Gasteiger partial charge in [-0.1, -0.05) is 0 Å². The van der Waals surface area contributed by atoms with E-state index in [9.17, 15) is 4.79 Å². The Morgan fingerprint density at radius 2 is 2.50 bits per heavy atom. The zero-order chi connectivity index (χ0) is 8.97. The van der Waals surface area contributed by atoms with E-state index in [2.05, 4.69) is 30.6 Å². The van der Waals surface area contributed by atoms with Crippen molar-refractivity contribution in [3.8, 4) is 0 Å². The molecular weight excluding hydrogens is 226 g/mol. The summed E-state index contributed by atoms with van der Waals surface area (Å²) >= 11 is 3.12. The molecule has 0 spiro atoms. The lowest BCUT2D eigenvalue weighted by atomic mass is 10.4. The number of nitrogens with zero attached hydrogens (tertiary/aromatic N) is 2. The van der Waals surface area contributed by atoms with Gasteiger partial charge in [0.1, 0.15) is 22.7 Å². The van der Waals surface area contributed by atoms with Gasteiger partial charge in [-0.2, -0.15) is 0 Å². The third-order valence-electron chi connectivity index (χ3n) is 1.14. The van der Waals surface area contributed by atoms with Gasteiger partial charge in [0.05, 0.1) is 6.20 Å². The van der Waals surface area contributed by atoms with Crippen LogP contribution in [0.15, 0.2) is 10.8 Å². The second kappa shape index (κ2) is 4.01. The zero-order valence-corrected chi connectivity index (χ0v) is 7.61. The van der Waals surface area contributed by atoms with Gasteiger partial charge in [-0.3, -0.25) is 4.79 Å². The quantitative estimate of drug-likeness (QED) is 0.767. The molecule has 1 heterocycles. The van der Waals surface area contributed by atoms with Gasteiger partial charge in [0, 0.05) is 0 Å². The number of nitrogens with two attached hydrogens (primary N) is 1. The van der Waals surface area contributed by atoms with E-state index >= 15 is 0 Å². The Bertz CT molecular complexity index is 292. The summed E-state index contributed by atoms with van der Waals surface area (Å²) in [6.07, 6.45) is 1.47. The molecule has 0 amide bonds. The Labute approximate surface area is 77.1 Å². The Morgan fingerprint density at radius 1 is 1.75 bits per heavy atom. The van der Waals surface area contributed by atoms with Gasteiger partial charge in [0.15, 0.2) is 0 Å². The molecule has 5 nitrogen and oxygen atoms in total. The Kier molecular flexibility index (Phi) is 2.98. The molecule has 0 saturated heterocycles. The van der Waals surface area contributed by atoms with Crippen LogP contribution >= 0.6 is 15.9 Å². The molecule has 0 aliphatic carbocycles. The topological polar surface area (TPSA) is 78.1 Å². The van der Waals surface area contributed by atoms with Gasteiger partial charge in [-0.05, 0) is 15.9 Å². The first-order valence-corrected chi connectivity index (χ1v) is 3.85. The van der Waals surface area contributed by atoms with Gasteiger partial charge in [0.2, 0.25) is 0 Å². The monoisotopic (exact) mass is 231 g/mol. The summed E-state index contributed by atoms with van der Waals surface area (Å²) in [4.78, 5) is 17.6. The second-order valence-corrected chi connectivity index (χ2v) is 2.74. The van der Waals surface area contributed by atoms with Crippen LogP contribution in [0.4, 0.5) is 5.82 Å². The molecule has 6 heteroatoms. The van der Waals surface area contributed by atoms with Crippen molar-refractivity contribution in [1.82, 2.24) is 9.97 Å². The fourth-order valence-electron chi connectivity index (χ4n) is 0.632. The summed E-state index contributed by atoms with van der Waals surface area (Å²) in [5, 5.41) is 0. The Morgan fingerprint density at radius 3 is 3.17 bits per heavy atom. The highest BCUT2D eigenvalue weighted by molar-refractivity contribution is 9.10. The largest absolute Gasteiger partial charge is 0.461 e. The Hall–Kier alpha value is -1.17. The number of anilines is 1. The molecule has 0 aromatic carbocycles. The molecule has 0 aliphatic heterocycles. The lowest BCUT2D eigenvalue weighted by molar-refractivity contribution is -0.129. The van der Waals surface area contributed by atoms with Gasteiger partial charge >= 0.3 is 0 Å². The van der Waals surface area contributed by atoms with E-state index in [-0.39, 0.29) is 12.4 Å². The van der Waals surface area contributed by atoms with Crippen LogP contribution in [0.1, 0.15) is 5.69 Å². The van der Waals surface area contributed by atoms with Gasteiger partial charge < -0.3 is 10.5 Å². The van der Waals surface area contributed by atoms with Crippen LogP contribution in [0.5, 0.6) is 0 Å². The van der Waals surface area contributed by atoms with Crippen molar-refractivity contribution in [2.45, 2.75) is 6.61 Å². The number of halogens is 1. The lowest BCUT2D eigenvalue weighted by Crippen LogP contribution is -2.02.